The molecule has 2 aromatic carbocycles. The van der Waals surface area contributed by atoms with E-state index in [1.54, 1.807) is 32.2 Å². The predicted molar refractivity (Wildman–Crippen MR) is 102 cm³/mol. The SMILES string of the molecule is CCOc1cc(C(=O)O[C@@H](C)C(=O)N(C)Cc2ccccc2)ccc1OC. The van der Waals surface area contributed by atoms with E-state index in [1.165, 1.54) is 12.0 Å². The van der Waals surface area contributed by atoms with Gasteiger partial charge in [0.1, 0.15) is 0 Å². The zero-order valence-corrected chi connectivity index (χ0v) is 16.1. The average molecular weight is 371 g/mol. The Morgan fingerprint density at radius 1 is 1.07 bits per heavy atom. The predicted octanol–water partition coefficient (Wildman–Crippen LogP) is 3.30. The molecule has 0 aromatic heterocycles. The molecule has 2 rings (SSSR count). The van der Waals surface area contributed by atoms with Crippen LogP contribution in [0.25, 0.3) is 0 Å². The van der Waals surface area contributed by atoms with Gasteiger partial charge >= 0.3 is 5.97 Å². The van der Waals surface area contributed by atoms with E-state index < -0.39 is 12.1 Å². The van der Waals surface area contributed by atoms with Crippen molar-refractivity contribution in [2.24, 2.45) is 0 Å². The van der Waals surface area contributed by atoms with Crippen molar-refractivity contribution in [1.82, 2.24) is 4.90 Å². The third kappa shape index (κ3) is 5.48. The van der Waals surface area contributed by atoms with Crippen molar-refractivity contribution in [2.75, 3.05) is 20.8 Å². The number of ether oxygens (including phenoxy) is 3. The highest BCUT2D eigenvalue weighted by Crippen LogP contribution is 2.28. The van der Waals surface area contributed by atoms with Crippen molar-refractivity contribution in [3.8, 4) is 11.5 Å². The van der Waals surface area contributed by atoms with Gasteiger partial charge in [-0.1, -0.05) is 30.3 Å². The van der Waals surface area contributed by atoms with Gasteiger partial charge < -0.3 is 19.1 Å². The molecule has 1 amide bonds. The highest BCUT2D eigenvalue weighted by molar-refractivity contribution is 5.92. The van der Waals surface area contributed by atoms with Gasteiger partial charge in [0.2, 0.25) is 0 Å². The Morgan fingerprint density at radius 3 is 2.41 bits per heavy atom. The molecule has 0 aliphatic heterocycles. The van der Waals surface area contributed by atoms with Gasteiger partial charge in [0.15, 0.2) is 17.6 Å². The molecule has 2 aromatic rings. The van der Waals surface area contributed by atoms with Gasteiger partial charge in [-0.3, -0.25) is 4.79 Å². The van der Waals surface area contributed by atoms with Crippen molar-refractivity contribution in [3.63, 3.8) is 0 Å². The zero-order valence-electron chi connectivity index (χ0n) is 16.1. The minimum Gasteiger partial charge on any atom is -0.493 e. The summed E-state index contributed by atoms with van der Waals surface area (Å²) in [6.45, 7) is 4.29. The van der Waals surface area contributed by atoms with Gasteiger partial charge in [0.05, 0.1) is 19.3 Å². The summed E-state index contributed by atoms with van der Waals surface area (Å²) in [5.41, 5.74) is 1.30. The Hall–Kier alpha value is -3.02. The molecule has 6 heteroatoms. The standard InChI is InChI=1S/C21H25NO5/c1-5-26-19-13-17(11-12-18(19)25-4)21(24)27-15(2)20(23)22(3)14-16-9-7-6-8-10-16/h6-13,15H,5,14H2,1-4H3/t15-/m0/s1. The fraction of sp³-hybridized carbons (Fsp3) is 0.333. The lowest BCUT2D eigenvalue weighted by molar-refractivity contribution is -0.139. The molecule has 144 valence electrons. The van der Waals surface area contributed by atoms with E-state index in [0.29, 0.717) is 30.2 Å². The van der Waals surface area contributed by atoms with Crippen LogP contribution < -0.4 is 9.47 Å². The molecule has 27 heavy (non-hydrogen) atoms. The summed E-state index contributed by atoms with van der Waals surface area (Å²) in [5, 5.41) is 0. The van der Waals surface area contributed by atoms with E-state index in [4.69, 9.17) is 14.2 Å². The Kier molecular flexibility index (Phi) is 7.23. The molecule has 0 N–H and O–H groups in total. The van der Waals surface area contributed by atoms with E-state index in [0.717, 1.165) is 5.56 Å². The Balaban J connectivity index is 2.01. The number of methoxy groups -OCH3 is 1. The number of hydrogen-bond donors (Lipinski definition) is 0. The number of benzene rings is 2. The van der Waals surface area contributed by atoms with Crippen molar-refractivity contribution in [3.05, 3.63) is 59.7 Å². The first-order valence-electron chi connectivity index (χ1n) is 8.77. The highest BCUT2D eigenvalue weighted by atomic mass is 16.5. The molecule has 0 fully saturated rings. The van der Waals surface area contributed by atoms with Gasteiger partial charge in [0.25, 0.3) is 5.91 Å². The Bertz CT molecular complexity index is 775. The van der Waals surface area contributed by atoms with E-state index >= 15 is 0 Å². The number of nitrogens with zero attached hydrogens (tertiary/aromatic N) is 1. The number of esters is 1. The molecule has 0 spiro atoms. The third-order valence-electron chi connectivity index (χ3n) is 3.97. The van der Waals surface area contributed by atoms with Crippen molar-refractivity contribution < 1.29 is 23.8 Å². The van der Waals surface area contributed by atoms with Crippen molar-refractivity contribution in [1.29, 1.82) is 0 Å². The minimum absolute atomic E-state index is 0.272. The molecule has 0 saturated heterocycles. The van der Waals surface area contributed by atoms with E-state index in [9.17, 15) is 9.59 Å². The zero-order chi connectivity index (χ0) is 19.8. The molecule has 0 radical (unpaired) electrons. The maximum Gasteiger partial charge on any atom is 0.339 e. The van der Waals surface area contributed by atoms with Crippen LogP contribution >= 0.6 is 0 Å². The number of carbonyl (C=O) groups is 2. The van der Waals surface area contributed by atoms with Crippen LogP contribution in [0.2, 0.25) is 0 Å². The van der Waals surface area contributed by atoms with Crippen molar-refractivity contribution in [2.45, 2.75) is 26.5 Å². The minimum atomic E-state index is -0.899. The molecular weight excluding hydrogens is 346 g/mol. The lowest BCUT2D eigenvalue weighted by Gasteiger charge is -2.21. The number of hydrogen-bond acceptors (Lipinski definition) is 5. The molecule has 0 bridgehead atoms. The lowest BCUT2D eigenvalue weighted by Crippen LogP contribution is -2.37. The van der Waals surface area contributed by atoms with E-state index in [1.807, 2.05) is 37.3 Å². The molecule has 0 aliphatic rings. The Morgan fingerprint density at radius 2 is 1.78 bits per heavy atom. The van der Waals surface area contributed by atoms with Gasteiger partial charge in [0, 0.05) is 13.6 Å². The average Bonchev–Trinajstić information content (AvgIpc) is 2.68. The summed E-state index contributed by atoms with van der Waals surface area (Å²) < 4.78 is 16.0. The molecule has 0 unspecified atom stereocenters. The first-order chi connectivity index (χ1) is 13.0. The normalized spacial score (nSPS) is 11.4. The number of rotatable bonds is 8. The van der Waals surface area contributed by atoms with Crippen LogP contribution in [0.4, 0.5) is 0 Å². The summed E-state index contributed by atoms with van der Waals surface area (Å²) in [6.07, 6.45) is -0.899. The van der Waals surface area contributed by atoms with Crippen LogP contribution in [0.15, 0.2) is 48.5 Å². The number of amides is 1. The van der Waals surface area contributed by atoms with E-state index in [2.05, 4.69) is 0 Å². The largest absolute Gasteiger partial charge is 0.493 e. The molecule has 6 nitrogen and oxygen atoms in total. The molecule has 0 heterocycles. The van der Waals surface area contributed by atoms with Crippen LogP contribution in [-0.4, -0.2) is 43.6 Å². The lowest BCUT2D eigenvalue weighted by atomic mass is 10.2. The maximum absolute atomic E-state index is 12.5. The van der Waals surface area contributed by atoms with Gasteiger partial charge in [-0.2, -0.15) is 0 Å². The van der Waals surface area contributed by atoms with Crippen LogP contribution in [-0.2, 0) is 16.1 Å². The summed E-state index contributed by atoms with van der Waals surface area (Å²) in [7, 11) is 3.21. The second-order valence-electron chi connectivity index (χ2n) is 6.03. The fourth-order valence-corrected chi connectivity index (χ4v) is 2.60. The second-order valence-corrected chi connectivity index (χ2v) is 6.03. The van der Waals surface area contributed by atoms with Crippen LogP contribution in [0.1, 0.15) is 29.8 Å². The highest BCUT2D eigenvalue weighted by Gasteiger charge is 2.23. The first-order valence-corrected chi connectivity index (χ1v) is 8.77. The fourth-order valence-electron chi connectivity index (χ4n) is 2.60. The van der Waals surface area contributed by atoms with Gasteiger partial charge in [-0.25, -0.2) is 4.79 Å². The number of likely N-dealkylation sites (N-methyl/N-ethyl adjacent to an activating group) is 1. The van der Waals surface area contributed by atoms with Crippen molar-refractivity contribution >= 4 is 11.9 Å². The molecular formula is C21H25NO5. The molecule has 0 saturated carbocycles. The summed E-state index contributed by atoms with van der Waals surface area (Å²) in [4.78, 5) is 26.4. The number of carbonyl (C=O) groups excluding carboxylic acids is 2. The first kappa shape index (κ1) is 20.3. The third-order valence-corrected chi connectivity index (χ3v) is 3.97. The summed E-state index contributed by atoms with van der Waals surface area (Å²) >= 11 is 0. The van der Waals surface area contributed by atoms with E-state index in [-0.39, 0.29) is 5.91 Å². The van der Waals surface area contributed by atoms with Crippen LogP contribution in [0, 0.1) is 0 Å². The summed E-state index contributed by atoms with van der Waals surface area (Å²) in [5.74, 6) is 0.119. The van der Waals surface area contributed by atoms with Gasteiger partial charge in [-0.15, -0.1) is 0 Å². The smallest absolute Gasteiger partial charge is 0.339 e. The van der Waals surface area contributed by atoms with Crippen LogP contribution in [0.5, 0.6) is 11.5 Å². The maximum atomic E-state index is 12.5. The van der Waals surface area contributed by atoms with Crippen LogP contribution in [0.3, 0.4) is 0 Å². The van der Waals surface area contributed by atoms with Gasteiger partial charge in [-0.05, 0) is 37.6 Å². The Labute approximate surface area is 159 Å². The monoisotopic (exact) mass is 371 g/mol. The molecule has 1 atom stereocenters. The molecule has 0 aliphatic carbocycles. The second kappa shape index (κ2) is 9.62. The summed E-state index contributed by atoms with van der Waals surface area (Å²) in [6, 6.07) is 14.4. The topological polar surface area (TPSA) is 65.1 Å². The quantitative estimate of drug-likeness (QED) is 0.666.